The number of rotatable bonds is 3. The number of amides is 1. The van der Waals surface area contributed by atoms with Crippen molar-refractivity contribution in [2.75, 3.05) is 23.3 Å². The summed E-state index contributed by atoms with van der Waals surface area (Å²) >= 11 is 0. The third kappa shape index (κ3) is 4.00. The molecule has 1 saturated heterocycles. The van der Waals surface area contributed by atoms with Gasteiger partial charge in [-0.15, -0.1) is 0 Å². The maximum absolute atomic E-state index is 12.3. The lowest BCUT2D eigenvalue weighted by molar-refractivity contribution is 0.102. The smallest absolute Gasteiger partial charge is 0.274 e. The molecule has 0 unspecified atom stereocenters. The predicted molar refractivity (Wildman–Crippen MR) is 91.0 cm³/mol. The number of carbonyl (C=O) groups excluding carboxylic acids is 1. The van der Waals surface area contributed by atoms with E-state index in [4.69, 9.17) is 0 Å². The van der Waals surface area contributed by atoms with Crippen LogP contribution in [0, 0.1) is 0 Å². The van der Waals surface area contributed by atoms with Gasteiger partial charge in [-0.25, -0.2) is 4.98 Å². The molecule has 0 atom stereocenters. The average Bonchev–Trinajstić information content (AvgIpc) is 2.86. The van der Waals surface area contributed by atoms with Crippen LogP contribution in [-0.2, 0) is 0 Å². The molecular weight excluding hydrogens is 290 g/mol. The first-order valence-corrected chi connectivity index (χ1v) is 8.05. The molecule has 0 radical (unpaired) electrons. The minimum atomic E-state index is -0.243. The Labute approximate surface area is 136 Å². The molecule has 0 spiro atoms. The highest BCUT2D eigenvalue weighted by molar-refractivity contribution is 6.03. The molecule has 1 aliphatic rings. The van der Waals surface area contributed by atoms with Crippen molar-refractivity contribution in [2.24, 2.45) is 0 Å². The highest BCUT2D eigenvalue weighted by Gasteiger charge is 2.14. The molecule has 1 amide bonds. The van der Waals surface area contributed by atoms with Gasteiger partial charge < -0.3 is 15.3 Å². The Morgan fingerprint density at radius 3 is 2.39 bits per heavy atom. The van der Waals surface area contributed by atoms with E-state index in [1.165, 1.54) is 37.8 Å². The van der Waals surface area contributed by atoms with Gasteiger partial charge in [-0.1, -0.05) is 18.9 Å². The molecule has 0 aliphatic carbocycles. The van der Waals surface area contributed by atoms with Gasteiger partial charge in [0.2, 0.25) is 0 Å². The van der Waals surface area contributed by atoms with Crippen molar-refractivity contribution < 1.29 is 9.90 Å². The highest BCUT2D eigenvalue weighted by Crippen LogP contribution is 2.19. The summed E-state index contributed by atoms with van der Waals surface area (Å²) in [5.74, 6) is 0.793. The molecule has 1 aromatic carbocycles. The standard InChI is InChI=1S/C18H21N3O2/c22-15-10-8-14(9-11-15)19-18(23)16-6-5-7-17(20-16)21-12-3-1-2-4-13-21/h5-11,22H,1-4,12-13H2,(H,19,23). The van der Waals surface area contributed by atoms with Crippen molar-refractivity contribution in [3.63, 3.8) is 0 Å². The number of nitrogens with one attached hydrogen (secondary N) is 1. The summed E-state index contributed by atoms with van der Waals surface area (Å²) in [4.78, 5) is 19.1. The third-order valence-corrected chi connectivity index (χ3v) is 4.02. The molecule has 2 heterocycles. The number of pyridine rings is 1. The normalized spacial score (nSPS) is 15.0. The van der Waals surface area contributed by atoms with E-state index in [1.807, 2.05) is 12.1 Å². The summed E-state index contributed by atoms with van der Waals surface area (Å²) in [6.07, 6.45) is 4.87. The van der Waals surface area contributed by atoms with Gasteiger partial charge in [0.25, 0.3) is 5.91 Å². The van der Waals surface area contributed by atoms with E-state index in [2.05, 4.69) is 15.2 Å². The Hall–Kier alpha value is -2.56. The fraction of sp³-hybridized carbons (Fsp3) is 0.333. The zero-order valence-corrected chi connectivity index (χ0v) is 13.0. The summed E-state index contributed by atoms with van der Waals surface area (Å²) in [6.45, 7) is 1.99. The van der Waals surface area contributed by atoms with E-state index in [1.54, 1.807) is 18.2 Å². The quantitative estimate of drug-likeness (QED) is 0.852. The number of nitrogens with zero attached hydrogens (tertiary/aromatic N) is 2. The Morgan fingerprint density at radius 2 is 1.70 bits per heavy atom. The van der Waals surface area contributed by atoms with Crippen LogP contribution in [-0.4, -0.2) is 29.1 Å². The summed E-state index contributed by atoms with van der Waals surface area (Å²) in [7, 11) is 0. The molecule has 1 aliphatic heterocycles. The van der Waals surface area contributed by atoms with Crippen molar-refractivity contribution >= 4 is 17.4 Å². The third-order valence-electron chi connectivity index (χ3n) is 4.02. The fourth-order valence-electron chi connectivity index (χ4n) is 2.77. The first kappa shape index (κ1) is 15.3. The first-order chi connectivity index (χ1) is 11.2. The number of carbonyl (C=O) groups is 1. The fourth-order valence-corrected chi connectivity index (χ4v) is 2.77. The lowest BCUT2D eigenvalue weighted by atomic mass is 10.2. The monoisotopic (exact) mass is 311 g/mol. The van der Waals surface area contributed by atoms with Crippen LogP contribution in [0.3, 0.4) is 0 Å². The van der Waals surface area contributed by atoms with Crippen LogP contribution >= 0.6 is 0 Å². The van der Waals surface area contributed by atoms with Gasteiger partial charge in [0, 0.05) is 18.8 Å². The number of phenolic OH excluding ortho intramolecular Hbond substituents is 1. The second-order valence-electron chi connectivity index (χ2n) is 5.78. The van der Waals surface area contributed by atoms with Crippen molar-refractivity contribution in [3.8, 4) is 5.75 Å². The van der Waals surface area contributed by atoms with E-state index >= 15 is 0 Å². The summed E-state index contributed by atoms with van der Waals surface area (Å²) < 4.78 is 0. The molecule has 3 rings (SSSR count). The number of benzene rings is 1. The molecule has 2 N–H and O–H groups in total. The van der Waals surface area contributed by atoms with Gasteiger partial charge in [0.1, 0.15) is 17.3 Å². The number of aromatic hydroxyl groups is 1. The molecule has 1 fully saturated rings. The number of hydrogen-bond acceptors (Lipinski definition) is 4. The van der Waals surface area contributed by atoms with E-state index < -0.39 is 0 Å². The van der Waals surface area contributed by atoms with E-state index in [0.29, 0.717) is 11.4 Å². The van der Waals surface area contributed by atoms with Gasteiger partial charge in [-0.3, -0.25) is 4.79 Å². The highest BCUT2D eigenvalue weighted by atomic mass is 16.3. The minimum absolute atomic E-state index is 0.171. The largest absolute Gasteiger partial charge is 0.508 e. The lowest BCUT2D eigenvalue weighted by Gasteiger charge is -2.21. The van der Waals surface area contributed by atoms with Crippen LogP contribution < -0.4 is 10.2 Å². The van der Waals surface area contributed by atoms with Crippen molar-refractivity contribution in [2.45, 2.75) is 25.7 Å². The summed E-state index contributed by atoms with van der Waals surface area (Å²) in [5, 5.41) is 12.1. The van der Waals surface area contributed by atoms with Gasteiger partial charge in [-0.05, 0) is 49.2 Å². The van der Waals surface area contributed by atoms with Crippen LogP contribution in [0.2, 0.25) is 0 Å². The van der Waals surface area contributed by atoms with Gasteiger partial charge in [0.05, 0.1) is 0 Å². The zero-order valence-electron chi connectivity index (χ0n) is 13.0. The Bertz CT molecular complexity index is 662. The Kier molecular flexibility index (Phi) is 4.76. The number of anilines is 2. The average molecular weight is 311 g/mol. The zero-order chi connectivity index (χ0) is 16.1. The molecule has 120 valence electrons. The second-order valence-corrected chi connectivity index (χ2v) is 5.78. The summed E-state index contributed by atoms with van der Waals surface area (Å²) in [5.41, 5.74) is 1.04. The topological polar surface area (TPSA) is 65.5 Å². The molecule has 5 nitrogen and oxygen atoms in total. The molecule has 0 saturated carbocycles. The Morgan fingerprint density at radius 1 is 1.00 bits per heavy atom. The van der Waals surface area contributed by atoms with E-state index in [-0.39, 0.29) is 11.7 Å². The van der Waals surface area contributed by atoms with Crippen LogP contribution in [0.25, 0.3) is 0 Å². The molecule has 23 heavy (non-hydrogen) atoms. The number of phenols is 1. The first-order valence-electron chi connectivity index (χ1n) is 8.05. The maximum atomic E-state index is 12.3. The maximum Gasteiger partial charge on any atom is 0.274 e. The van der Waals surface area contributed by atoms with Gasteiger partial charge in [0.15, 0.2) is 0 Å². The molecular formula is C18H21N3O2. The molecule has 1 aromatic heterocycles. The van der Waals surface area contributed by atoms with Gasteiger partial charge >= 0.3 is 0 Å². The number of aromatic nitrogens is 1. The van der Waals surface area contributed by atoms with E-state index in [9.17, 15) is 9.90 Å². The van der Waals surface area contributed by atoms with Crippen LogP contribution in [0.4, 0.5) is 11.5 Å². The second kappa shape index (κ2) is 7.13. The van der Waals surface area contributed by atoms with Crippen LogP contribution in [0.1, 0.15) is 36.2 Å². The van der Waals surface area contributed by atoms with Gasteiger partial charge in [-0.2, -0.15) is 0 Å². The van der Waals surface area contributed by atoms with Crippen LogP contribution in [0.5, 0.6) is 5.75 Å². The predicted octanol–water partition coefficient (Wildman–Crippen LogP) is 3.42. The molecule has 5 heteroatoms. The van der Waals surface area contributed by atoms with E-state index in [0.717, 1.165) is 18.9 Å². The molecule has 2 aromatic rings. The van der Waals surface area contributed by atoms with Crippen molar-refractivity contribution in [1.82, 2.24) is 4.98 Å². The minimum Gasteiger partial charge on any atom is -0.508 e. The summed E-state index contributed by atoms with van der Waals surface area (Å²) in [6, 6.07) is 11.9. The van der Waals surface area contributed by atoms with Crippen molar-refractivity contribution in [1.29, 1.82) is 0 Å². The Balaban J connectivity index is 1.73. The molecule has 0 bridgehead atoms. The number of hydrogen-bond donors (Lipinski definition) is 2. The SMILES string of the molecule is O=C(Nc1ccc(O)cc1)c1cccc(N2CCCCCC2)n1. The lowest BCUT2D eigenvalue weighted by Crippen LogP contribution is -2.25. The van der Waals surface area contributed by atoms with Crippen molar-refractivity contribution in [3.05, 3.63) is 48.2 Å². The van der Waals surface area contributed by atoms with Crippen LogP contribution in [0.15, 0.2) is 42.5 Å².